The number of carbonyl (C=O) groups excluding carboxylic acids is 4. The second-order valence-corrected chi connectivity index (χ2v) is 11.4. The third-order valence-corrected chi connectivity index (χ3v) is 9.50. The van der Waals surface area contributed by atoms with E-state index >= 15 is 0 Å². The molecule has 35 heavy (non-hydrogen) atoms. The number of unbranched alkanes of at least 4 members (excludes halogenated alkanes) is 1. The number of fused-ring (bicyclic) bond motifs is 5. The van der Waals surface area contributed by atoms with Gasteiger partial charge in [0.2, 0.25) is 5.78 Å². The Hall–Kier alpha value is -2.28. The summed E-state index contributed by atoms with van der Waals surface area (Å²) in [4.78, 5) is 50.0. The van der Waals surface area contributed by atoms with Crippen LogP contribution in [0.25, 0.3) is 0 Å². The number of hydrogen-bond donors (Lipinski definition) is 1. The molecule has 0 bridgehead atoms. The SMILES string of the molecule is CCCCC(=O)O[C@]1(C(=O)COC(C)=O)CC[C@@H]2[C@@H]3CCC4=CC(=O)C=C[C@]4(C)[C@H]3[C@H](O)C[C@@]21C. The molecule has 4 rings (SSSR count). The van der Waals surface area contributed by atoms with Crippen LogP contribution in [0, 0.1) is 28.6 Å². The molecule has 0 aliphatic heterocycles. The van der Waals surface area contributed by atoms with Crippen LogP contribution in [0.1, 0.15) is 79.1 Å². The number of carbonyl (C=O) groups is 4. The predicted molar refractivity (Wildman–Crippen MR) is 128 cm³/mol. The maximum atomic E-state index is 13.6. The molecule has 0 unspecified atom stereocenters. The van der Waals surface area contributed by atoms with Crippen LogP contribution in [0.3, 0.4) is 0 Å². The summed E-state index contributed by atoms with van der Waals surface area (Å²) >= 11 is 0. The molecule has 0 saturated heterocycles. The van der Waals surface area contributed by atoms with Crippen LogP contribution < -0.4 is 0 Å². The summed E-state index contributed by atoms with van der Waals surface area (Å²) in [6.07, 6.45) is 9.17. The monoisotopic (exact) mass is 486 g/mol. The van der Waals surface area contributed by atoms with Crippen LogP contribution in [0.2, 0.25) is 0 Å². The highest BCUT2D eigenvalue weighted by atomic mass is 16.6. The Kier molecular flexibility index (Phi) is 6.86. The van der Waals surface area contributed by atoms with Gasteiger partial charge in [-0.1, -0.05) is 38.8 Å². The van der Waals surface area contributed by atoms with E-state index in [0.717, 1.165) is 24.8 Å². The number of ether oxygens (including phenoxy) is 2. The first kappa shape index (κ1) is 25.8. The third kappa shape index (κ3) is 4.09. The van der Waals surface area contributed by atoms with E-state index in [-0.39, 0.29) is 30.0 Å². The molecule has 4 aliphatic carbocycles. The Morgan fingerprint density at radius 1 is 1.20 bits per heavy atom. The van der Waals surface area contributed by atoms with Gasteiger partial charge in [0.1, 0.15) is 0 Å². The van der Waals surface area contributed by atoms with Crippen LogP contribution >= 0.6 is 0 Å². The molecule has 0 heterocycles. The van der Waals surface area contributed by atoms with Gasteiger partial charge in [0, 0.05) is 30.1 Å². The van der Waals surface area contributed by atoms with E-state index in [1.165, 1.54) is 6.92 Å². The second-order valence-electron chi connectivity index (χ2n) is 11.4. The van der Waals surface area contributed by atoms with Crippen molar-refractivity contribution in [2.75, 3.05) is 6.61 Å². The number of aliphatic hydroxyl groups is 1. The molecular formula is C28H38O7. The Morgan fingerprint density at radius 3 is 2.63 bits per heavy atom. The first-order chi connectivity index (χ1) is 16.5. The smallest absolute Gasteiger partial charge is 0.306 e. The fourth-order valence-corrected chi connectivity index (χ4v) is 7.85. The number of ketones is 2. The van der Waals surface area contributed by atoms with E-state index in [4.69, 9.17) is 9.47 Å². The van der Waals surface area contributed by atoms with Gasteiger partial charge in [0.15, 0.2) is 18.0 Å². The highest BCUT2D eigenvalue weighted by molar-refractivity contribution is 6.01. The zero-order valence-electron chi connectivity index (χ0n) is 21.3. The number of esters is 2. The summed E-state index contributed by atoms with van der Waals surface area (Å²) in [5.74, 6) is -1.31. The van der Waals surface area contributed by atoms with E-state index in [1.807, 2.05) is 19.9 Å². The fraction of sp³-hybridized carbons (Fsp3) is 0.714. The van der Waals surface area contributed by atoms with Crippen molar-refractivity contribution >= 4 is 23.5 Å². The normalized spacial score (nSPS) is 39.7. The molecule has 4 aliphatic rings. The number of hydrogen-bond acceptors (Lipinski definition) is 7. The molecule has 3 fully saturated rings. The molecule has 192 valence electrons. The minimum absolute atomic E-state index is 0.0130. The molecule has 3 saturated carbocycles. The van der Waals surface area contributed by atoms with E-state index in [1.54, 1.807) is 12.2 Å². The van der Waals surface area contributed by atoms with Gasteiger partial charge in [-0.3, -0.25) is 19.2 Å². The van der Waals surface area contributed by atoms with Crippen molar-refractivity contribution in [2.45, 2.75) is 90.8 Å². The van der Waals surface area contributed by atoms with E-state index in [9.17, 15) is 24.3 Å². The molecular weight excluding hydrogens is 448 g/mol. The molecule has 0 aromatic heterocycles. The van der Waals surface area contributed by atoms with Crippen LogP contribution in [0.15, 0.2) is 23.8 Å². The number of allylic oxidation sites excluding steroid dienone is 4. The van der Waals surface area contributed by atoms with E-state index in [0.29, 0.717) is 25.7 Å². The molecule has 7 nitrogen and oxygen atoms in total. The van der Waals surface area contributed by atoms with Crippen LogP contribution in [0.5, 0.6) is 0 Å². The first-order valence-electron chi connectivity index (χ1n) is 13.0. The molecule has 0 aromatic carbocycles. The topological polar surface area (TPSA) is 107 Å². The number of aliphatic hydroxyl groups excluding tert-OH is 1. The minimum Gasteiger partial charge on any atom is -0.458 e. The van der Waals surface area contributed by atoms with Gasteiger partial charge in [-0.05, 0) is 62.5 Å². The van der Waals surface area contributed by atoms with Gasteiger partial charge in [-0.15, -0.1) is 0 Å². The van der Waals surface area contributed by atoms with Crippen molar-refractivity contribution in [2.24, 2.45) is 28.6 Å². The maximum absolute atomic E-state index is 13.6. The van der Waals surface area contributed by atoms with Crippen molar-refractivity contribution < 1.29 is 33.8 Å². The largest absolute Gasteiger partial charge is 0.458 e. The highest BCUT2D eigenvalue weighted by Crippen LogP contribution is 2.67. The summed E-state index contributed by atoms with van der Waals surface area (Å²) in [6, 6.07) is 0. The van der Waals surface area contributed by atoms with Crippen molar-refractivity contribution in [1.82, 2.24) is 0 Å². The van der Waals surface area contributed by atoms with Crippen molar-refractivity contribution in [3.63, 3.8) is 0 Å². The van der Waals surface area contributed by atoms with Gasteiger partial charge in [-0.25, -0.2) is 0 Å². The average molecular weight is 487 g/mol. The molecule has 1 N–H and O–H groups in total. The second kappa shape index (κ2) is 9.30. The summed E-state index contributed by atoms with van der Waals surface area (Å²) in [5, 5.41) is 11.6. The average Bonchev–Trinajstić information content (AvgIpc) is 3.08. The van der Waals surface area contributed by atoms with Gasteiger partial charge in [0.05, 0.1) is 6.10 Å². The summed E-state index contributed by atoms with van der Waals surface area (Å²) < 4.78 is 11.1. The van der Waals surface area contributed by atoms with Gasteiger partial charge < -0.3 is 14.6 Å². The van der Waals surface area contributed by atoms with Gasteiger partial charge >= 0.3 is 11.9 Å². The van der Waals surface area contributed by atoms with Crippen LogP contribution in [0.4, 0.5) is 0 Å². The highest BCUT2D eigenvalue weighted by Gasteiger charge is 2.70. The van der Waals surface area contributed by atoms with Crippen LogP contribution in [-0.4, -0.2) is 46.9 Å². The molecule has 0 amide bonds. The Labute approximate surface area is 207 Å². The Bertz CT molecular complexity index is 980. The zero-order valence-corrected chi connectivity index (χ0v) is 21.3. The molecule has 0 radical (unpaired) electrons. The first-order valence-corrected chi connectivity index (χ1v) is 13.0. The zero-order chi connectivity index (χ0) is 25.6. The number of rotatable bonds is 7. The lowest BCUT2D eigenvalue weighted by molar-refractivity contribution is -0.201. The standard InChI is InChI=1S/C28H38O7/c1-5-6-7-24(33)35-28(23(32)16-34-17(2)29)13-11-21-20-9-8-18-14-19(30)10-12-26(18,3)25(20)22(31)15-27(21,28)4/h10,12,14,20-22,25,31H,5-9,11,13,15-16H2,1-4H3/t20-,21+,22+,25+,26-,27-,28-/m0/s1. The maximum Gasteiger partial charge on any atom is 0.306 e. The van der Waals surface area contributed by atoms with Crippen molar-refractivity contribution in [3.8, 4) is 0 Å². The van der Waals surface area contributed by atoms with Crippen molar-refractivity contribution in [3.05, 3.63) is 23.8 Å². The van der Waals surface area contributed by atoms with Crippen LogP contribution in [-0.2, 0) is 28.7 Å². The lowest BCUT2D eigenvalue weighted by Crippen LogP contribution is -2.63. The summed E-state index contributed by atoms with van der Waals surface area (Å²) in [6.45, 7) is 6.86. The third-order valence-electron chi connectivity index (χ3n) is 9.50. The van der Waals surface area contributed by atoms with E-state index < -0.39 is 46.9 Å². The quantitative estimate of drug-likeness (QED) is 0.544. The van der Waals surface area contributed by atoms with Gasteiger partial charge in [-0.2, -0.15) is 0 Å². The van der Waals surface area contributed by atoms with E-state index in [2.05, 4.69) is 6.92 Å². The number of Topliss-reactive ketones (excluding diaryl/α,β-unsaturated/α-hetero) is 1. The minimum atomic E-state index is -1.43. The predicted octanol–water partition coefficient (Wildman–Crippen LogP) is 3.87. The lowest BCUT2D eigenvalue weighted by Gasteiger charge is -2.59. The molecule has 7 atom stereocenters. The fourth-order valence-electron chi connectivity index (χ4n) is 7.85. The Balaban J connectivity index is 1.70. The lowest BCUT2D eigenvalue weighted by atomic mass is 9.46. The molecule has 7 heteroatoms. The van der Waals surface area contributed by atoms with Crippen molar-refractivity contribution in [1.29, 1.82) is 0 Å². The van der Waals surface area contributed by atoms with Gasteiger partial charge in [0.25, 0.3) is 0 Å². The molecule has 0 aromatic rings. The Morgan fingerprint density at radius 2 is 1.94 bits per heavy atom. The summed E-state index contributed by atoms with van der Waals surface area (Å²) in [5.41, 5.74) is -1.56. The molecule has 0 spiro atoms. The summed E-state index contributed by atoms with van der Waals surface area (Å²) in [7, 11) is 0.